The van der Waals surface area contributed by atoms with Gasteiger partial charge in [0.2, 0.25) is 0 Å². The first-order valence-corrected chi connectivity index (χ1v) is 9.60. The average molecular weight is 352 g/mol. The van der Waals surface area contributed by atoms with Gasteiger partial charge in [-0.05, 0) is 49.1 Å². The lowest BCUT2D eigenvalue weighted by Gasteiger charge is -2.52. The van der Waals surface area contributed by atoms with Crippen LogP contribution in [-0.2, 0) is 12.1 Å². The van der Waals surface area contributed by atoms with Crippen LogP contribution >= 0.6 is 0 Å². The number of aliphatic hydroxyl groups is 1. The molecule has 26 heavy (non-hydrogen) atoms. The highest BCUT2D eigenvalue weighted by molar-refractivity contribution is 5.27. The third-order valence-electron chi connectivity index (χ3n) is 6.19. The van der Waals surface area contributed by atoms with Gasteiger partial charge in [-0.25, -0.2) is 0 Å². The zero-order chi connectivity index (χ0) is 18.1. The van der Waals surface area contributed by atoms with Gasteiger partial charge >= 0.3 is 0 Å². The van der Waals surface area contributed by atoms with Crippen LogP contribution in [0.2, 0.25) is 0 Å². The van der Waals surface area contributed by atoms with Gasteiger partial charge in [0.05, 0.1) is 12.8 Å². The SMILES string of the molecule is COc1ccc(CN2C[C@H]3CCC[C@@H](C2)C3(O)c2ccc(C)cn2)cc1. The number of nitrogens with zero attached hydrogens (tertiary/aromatic N) is 2. The molecule has 1 saturated heterocycles. The molecular formula is C22H28N2O2. The van der Waals surface area contributed by atoms with Crippen LogP contribution in [0.4, 0.5) is 0 Å². The number of piperidine rings is 1. The molecule has 1 unspecified atom stereocenters. The molecule has 2 bridgehead atoms. The van der Waals surface area contributed by atoms with E-state index in [0.29, 0.717) is 0 Å². The fraction of sp³-hybridized carbons (Fsp3) is 0.500. The van der Waals surface area contributed by atoms with E-state index in [9.17, 15) is 5.11 Å². The maximum atomic E-state index is 11.7. The van der Waals surface area contributed by atoms with Gasteiger partial charge in [0.25, 0.3) is 0 Å². The van der Waals surface area contributed by atoms with Crippen LogP contribution in [0, 0.1) is 18.8 Å². The Morgan fingerprint density at radius 2 is 1.81 bits per heavy atom. The molecule has 0 radical (unpaired) electrons. The molecule has 138 valence electrons. The van der Waals surface area contributed by atoms with E-state index in [1.807, 2.05) is 31.3 Å². The molecule has 0 amide bonds. The Bertz CT molecular complexity index is 728. The molecule has 0 spiro atoms. The zero-order valence-electron chi connectivity index (χ0n) is 15.7. The summed E-state index contributed by atoms with van der Waals surface area (Å²) >= 11 is 0. The Kier molecular flexibility index (Phi) is 4.72. The van der Waals surface area contributed by atoms with Crippen molar-refractivity contribution in [3.63, 3.8) is 0 Å². The molecule has 4 nitrogen and oxygen atoms in total. The fourth-order valence-electron chi connectivity index (χ4n) is 4.78. The third kappa shape index (κ3) is 3.12. The molecule has 1 saturated carbocycles. The summed E-state index contributed by atoms with van der Waals surface area (Å²) in [6, 6.07) is 12.4. The molecule has 4 rings (SSSR count). The number of aryl methyl sites for hydroxylation is 1. The van der Waals surface area contributed by atoms with E-state index >= 15 is 0 Å². The minimum Gasteiger partial charge on any atom is -0.497 e. The highest BCUT2D eigenvalue weighted by Gasteiger charge is 2.52. The summed E-state index contributed by atoms with van der Waals surface area (Å²) in [5, 5.41) is 11.7. The Balaban J connectivity index is 1.53. The summed E-state index contributed by atoms with van der Waals surface area (Å²) in [4.78, 5) is 7.10. The van der Waals surface area contributed by atoms with Crippen LogP contribution in [0.3, 0.4) is 0 Å². The molecule has 2 aromatic rings. The second-order valence-corrected chi connectivity index (χ2v) is 7.91. The van der Waals surface area contributed by atoms with Crippen molar-refractivity contribution in [1.29, 1.82) is 0 Å². The van der Waals surface area contributed by atoms with E-state index in [4.69, 9.17) is 4.74 Å². The monoisotopic (exact) mass is 352 g/mol. The molecule has 1 aliphatic heterocycles. The number of ether oxygens (including phenoxy) is 1. The van der Waals surface area contributed by atoms with E-state index in [-0.39, 0.29) is 11.8 Å². The minimum absolute atomic E-state index is 0.253. The van der Waals surface area contributed by atoms with E-state index in [2.05, 4.69) is 28.1 Å². The number of methoxy groups -OCH3 is 1. The summed E-state index contributed by atoms with van der Waals surface area (Å²) in [5.41, 5.74) is 2.52. The summed E-state index contributed by atoms with van der Waals surface area (Å²) in [7, 11) is 1.70. The van der Waals surface area contributed by atoms with E-state index < -0.39 is 5.60 Å². The van der Waals surface area contributed by atoms with Crippen molar-refractivity contribution in [1.82, 2.24) is 9.88 Å². The molecule has 2 aliphatic rings. The summed E-state index contributed by atoms with van der Waals surface area (Å²) in [5.74, 6) is 1.40. The van der Waals surface area contributed by atoms with Crippen molar-refractivity contribution in [2.24, 2.45) is 11.8 Å². The number of likely N-dealkylation sites (tertiary alicyclic amines) is 1. The van der Waals surface area contributed by atoms with Crippen LogP contribution in [-0.4, -0.2) is 35.2 Å². The molecule has 1 aliphatic carbocycles. The second kappa shape index (κ2) is 7.01. The lowest BCUT2D eigenvalue weighted by molar-refractivity contribution is -0.151. The average Bonchev–Trinajstić information content (AvgIpc) is 2.64. The highest BCUT2D eigenvalue weighted by atomic mass is 16.5. The van der Waals surface area contributed by atoms with Gasteiger partial charge in [-0.1, -0.05) is 24.6 Å². The van der Waals surface area contributed by atoms with E-state index in [1.165, 1.54) is 12.0 Å². The van der Waals surface area contributed by atoms with Crippen molar-refractivity contribution >= 4 is 0 Å². The molecule has 1 aromatic carbocycles. The Morgan fingerprint density at radius 1 is 1.12 bits per heavy atom. The van der Waals surface area contributed by atoms with Gasteiger partial charge in [0.15, 0.2) is 0 Å². The van der Waals surface area contributed by atoms with E-state index in [0.717, 1.165) is 49.5 Å². The number of pyridine rings is 1. The molecule has 2 heterocycles. The Labute approximate surface area is 155 Å². The first-order valence-electron chi connectivity index (χ1n) is 9.60. The number of fused-ring (bicyclic) bond motifs is 2. The highest BCUT2D eigenvalue weighted by Crippen LogP contribution is 2.48. The van der Waals surface area contributed by atoms with Gasteiger partial charge < -0.3 is 9.84 Å². The van der Waals surface area contributed by atoms with Gasteiger partial charge in [-0.3, -0.25) is 9.88 Å². The van der Waals surface area contributed by atoms with Crippen LogP contribution in [0.25, 0.3) is 0 Å². The predicted octanol–water partition coefficient (Wildman–Crippen LogP) is 3.52. The lowest BCUT2D eigenvalue weighted by atomic mass is 9.64. The van der Waals surface area contributed by atoms with Crippen LogP contribution in [0.15, 0.2) is 42.6 Å². The number of rotatable bonds is 4. The predicted molar refractivity (Wildman–Crippen MR) is 102 cm³/mol. The van der Waals surface area contributed by atoms with Gasteiger partial charge in [0.1, 0.15) is 11.4 Å². The van der Waals surface area contributed by atoms with Crippen molar-refractivity contribution < 1.29 is 9.84 Å². The topological polar surface area (TPSA) is 45.6 Å². The summed E-state index contributed by atoms with van der Waals surface area (Å²) in [6.07, 6.45) is 5.23. The van der Waals surface area contributed by atoms with Crippen molar-refractivity contribution in [3.05, 3.63) is 59.4 Å². The Morgan fingerprint density at radius 3 is 2.38 bits per heavy atom. The second-order valence-electron chi connectivity index (χ2n) is 7.91. The molecule has 4 heteroatoms. The minimum atomic E-state index is -0.775. The van der Waals surface area contributed by atoms with Crippen molar-refractivity contribution in [2.45, 2.75) is 38.3 Å². The quantitative estimate of drug-likeness (QED) is 0.914. The van der Waals surface area contributed by atoms with Crippen molar-refractivity contribution in [2.75, 3.05) is 20.2 Å². The Hall–Kier alpha value is -1.91. The van der Waals surface area contributed by atoms with Gasteiger partial charge in [0, 0.05) is 37.7 Å². The summed E-state index contributed by atoms with van der Waals surface area (Å²) in [6.45, 7) is 4.82. The van der Waals surface area contributed by atoms with E-state index in [1.54, 1.807) is 7.11 Å². The molecular weight excluding hydrogens is 324 g/mol. The number of benzene rings is 1. The van der Waals surface area contributed by atoms with Crippen molar-refractivity contribution in [3.8, 4) is 5.75 Å². The van der Waals surface area contributed by atoms with Gasteiger partial charge in [-0.2, -0.15) is 0 Å². The standard InChI is InChI=1S/C22H28N2O2/c1-16-6-11-21(23-12-16)22(25)18-4-3-5-19(22)15-24(14-18)13-17-7-9-20(26-2)10-8-17/h6-12,18-19,25H,3-5,13-15H2,1-2H3/t18-,19+,22?. The molecule has 3 atom stereocenters. The summed E-state index contributed by atoms with van der Waals surface area (Å²) < 4.78 is 5.25. The van der Waals surface area contributed by atoms with Crippen LogP contribution in [0.1, 0.15) is 36.1 Å². The molecule has 1 aromatic heterocycles. The number of aromatic nitrogens is 1. The first-order chi connectivity index (χ1) is 12.6. The van der Waals surface area contributed by atoms with Gasteiger partial charge in [-0.15, -0.1) is 0 Å². The first kappa shape index (κ1) is 17.5. The maximum Gasteiger partial charge on any atom is 0.118 e. The van der Waals surface area contributed by atoms with Crippen LogP contribution in [0.5, 0.6) is 5.75 Å². The molecule has 2 fully saturated rings. The largest absolute Gasteiger partial charge is 0.497 e. The molecule has 1 N–H and O–H groups in total. The lowest BCUT2D eigenvalue weighted by Crippen LogP contribution is -2.58. The maximum absolute atomic E-state index is 11.7. The number of hydrogen-bond acceptors (Lipinski definition) is 4. The smallest absolute Gasteiger partial charge is 0.118 e. The van der Waals surface area contributed by atoms with Crippen LogP contribution < -0.4 is 4.74 Å². The fourth-order valence-corrected chi connectivity index (χ4v) is 4.78. The normalized spacial score (nSPS) is 28.7. The third-order valence-corrected chi connectivity index (χ3v) is 6.19. The zero-order valence-corrected chi connectivity index (χ0v) is 15.7. The number of hydrogen-bond donors (Lipinski definition) is 1.